The number of hydrogen-bond donors (Lipinski definition) is 2. The van der Waals surface area contributed by atoms with E-state index in [-0.39, 0.29) is 0 Å². The monoisotopic (exact) mass is 436 g/mol. The largest absolute Gasteiger partial charge is 0.322 e. The fraction of sp³-hybridized carbons (Fsp3) is 0.522. The van der Waals surface area contributed by atoms with Gasteiger partial charge in [-0.2, -0.15) is 5.10 Å². The number of allylic oxidation sites excluding steroid dienone is 3. The molecule has 3 unspecified atom stereocenters. The lowest BCUT2D eigenvalue weighted by atomic mass is 9.95. The van der Waals surface area contributed by atoms with E-state index in [2.05, 4.69) is 55.6 Å². The minimum absolute atomic E-state index is 0.568. The van der Waals surface area contributed by atoms with Crippen molar-refractivity contribution in [3.63, 3.8) is 0 Å². The maximum absolute atomic E-state index is 5.89. The Morgan fingerprint density at radius 2 is 1.97 bits per heavy atom. The Balaban J connectivity index is 1.09. The zero-order valence-corrected chi connectivity index (χ0v) is 18.4. The van der Waals surface area contributed by atoms with E-state index in [1.807, 2.05) is 6.07 Å². The summed E-state index contributed by atoms with van der Waals surface area (Å²) in [5.41, 5.74) is 3.92. The van der Waals surface area contributed by atoms with Crippen molar-refractivity contribution in [2.24, 2.45) is 22.7 Å². The van der Waals surface area contributed by atoms with Gasteiger partial charge in [-0.25, -0.2) is 10.5 Å². The number of likely N-dealkylation sites (tertiary alicyclic amines) is 1. The highest BCUT2D eigenvalue weighted by Gasteiger charge is 2.39. The van der Waals surface area contributed by atoms with Crippen molar-refractivity contribution in [2.45, 2.75) is 44.2 Å². The van der Waals surface area contributed by atoms with Crippen LogP contribution in [-0.4, -0.2) is 69.7 Å². The molecule has 3 heterocycles. The molecule has 2 saturated heterocycles. The third-order valence-electron chi connectivity index (χ3n) is 7.16. The molecule has 3 aliphatic rings. The number of nitrogens with zero attached hydrogens (tertiary/aromatic N) is 6. The lowest BCUT2D eigenvalue weighted by Gasteiger charge is -2.41. The van der Waals surface area contributed by atoms with E-state index in [1.54, 1.807) is 0 Å². The molecule has 0 spiro atoms. The van der Waals surface area contributed by atoms with Crippen LogP contribution in [-0.2, 0) is 6.42 Å². The predicted octanol–water partition coefficient (Wildman–Crippen LogP) is 1.84. The molecule has 1 aromatic heterocycles. The summed E-state index contributed by atoms with van der Waals surface area (Å²) in [6.45, 7) is 4.64. The van der Waals surface area contributed by atoms with E-state index in [1.165, 1.54) is 49.3 Å². The molecule has 1 aliphatic carbocycles. The molecule has 9 nitrogen and oxygen atoms in total. The zero-order valence-electron chi connectivity index (χ0n) is 18.4. The number of rotatable bonds is 8. The molecule has 2 aliphatic heterocycles. The van der Waals surface area contributed by atoms with Crippen LogP contribution >= 0.6 is 0 Å². The van der Waals surface area contributed by atoms with Crippen LogP contribution in [0, 0.1) is 5.92 Å². The van der Waals surface area contributed by atoms with Gasteiger partial charge in [-0.1, -0.05) is 18.2 Å². The first-order chi connectivity index (χ1) is 15.7. The summed E-state index contributed by atoms with van der Waals surface area (Å²) in [6, 6.07) is 7.62. The molecule has 0 saturated carbocycles. The summed E-state index contributed by atoms with van der Waals surface area (Å²) in [7, 11) is 0. The van der Waals surface area contributed by atoms with E-state index >= 15 is 0 Å². The second-order valence-corrected chi connectivity index (χ2v) is 9.16. The van der Waals surface area contributed by atoms with Gasteiger partial charge in [0.1, 0.15) is 17.4 Å². The lowest BCUT2D eigenvalue weighted by molar-refractivity contribution is 0.0655. The first kappa shape index (κ1) is 21.1. The van der Waals surface area contributed by atoms with E-state index in [4.69, 9.17) is 16.3 Å². The minimum Gasteiger partial charge on any atom is -0.322 e. The minimum atomic E-state index is 0.568. The average Bonchev–Trinajstić information content (AvgIpc) is 3.37. The molecule has 4 N–H and O–H groups in total. The molecule has 2 bridgehead atoms. The van der Waals surface area contributed by atoms with Gasteiger partial charge in [0, 0.05) is 31.7 Å². The van der Waals surface area contributed by atoms with Crippen molar-refractivity contribution >= 4 is 17.4 Å². The van der Waals surface area contributed by atoms with Crippen molar-refractivity contribution in [1.29, 1.82) is 0 Å². The van der Waals surface area contributed by atoms with Gasteiger partial charge in [-0.15, -0.1) is 0 Å². The maximum atomic E-state index is 5.89. The molecule has 1 aromatic carbocycles. The number of piperazine rings is 1. The Hall–Kier alpha value is -2.75. The van der Waals surface area contributed by atoms with Gasteiger partial charge in [-0.3, -0.25) is 9.91 Å². The van der Waals surface area contributed by atoms with Gasteiger partial charge in [-0.05, 0) is 78.7 Å². The van der Waals surface area contributed by atoms with Crippen LogP contribution in [0.5, 0.6) is 0 Å². The highest BCUT2D eigenvalue weighted by molar-refractivity contribution is 5.73. The van der Waals surface area contributed by atoms with E-state index in [9.17, 15) is 0 Å². The second kappa shape index (κ2) is 9.40. The number of hydrogen-bond acceptors (Lipinski definition) is 8. The quantitative estimate of drug-likeness (QED) is 0.279. The number of fused-ring (bicyclic) bond motifs is 3. The molecule has 0 radical (unpaired) electrons. The fourth-order valence-corrected chi connectivity index (χ4v) is 5.41. The Morgan fingerprint density at radius 1 is 1.16 bits per heavy atom. The highest BCUT2D eigenvalue weighted by Crippen LogP contribution is 2.31. The van der Waals surface area contributed by atoms with Gasteiger partial charge in [0.15, 0.2) is 0 Å². The normalized spacial score (nSPS) is 26.3. The number of hydrazone groups is 1. The third kappa shape index (κ3) is 4.55. The van der Waals surface area contributed by atoms with E-state index < -0.39 is 0 Å². The SMILES string of the molecule is N/N=C\N(N)C1=CCC(CCN2CC3CCC(C2)N3CCc2ccc3nonc3c2)C=C1. The Kier molecular flexibility index (Phi) is 6.20. The molecule has 5 rings (SSSR count). The van der Waals surface area contributed by atoms with Crippen molar-refractivity contribution in [1.82, 2.24) is 25.1 Å². The number of nitrogens with two attached hydrogens (primary N) is 2. The van der Waals surface area contributed by atoms with Crippen LogP contribution in [0.25, 0.3) is 11.0 Å². The highest BCUT2D eigenvalue weighted by atomic mass is 16.6. The first-order valence-corrected chi connectivity index (χ1v) is 11.5. The summed E-state index contributed by atoms with van der Waals surface area (Å²) >= 11 is 0. The van der Waals surface area contributed by atoms with Crippen molar-refractivity contribution < 1.29 is 4.63 Å². The smallest absolute Gasteiger partial charge is 0.135 e. The summed E-state index contributed by atoms with van der Waals surface area (Å²) in [5.74, 6) is 11.6. The topological polar surface area (TPSA) is 113 Å². The summed E-state index contributed by atoms with van der Waals surface area (Å²) in [6.07, 6.45) is 13.8. The Labute approximate surface area is 188 Å². The molecular formula is C23H32N8O. The predicted molar refractivity (Wildman–Crippen MR) is 124 cm³/mol. The number of aromatic nitrogens is 2. The molecule has 32 heavy (non-hydrogen) atoms. The summed E-state index contributed by atoms with van der Waals surface area (Å²) in [4.78, 5) is 5.42. The van der Waals surface area contributed by atoms with Crippen LogP contribution in [0.4, 0.5) is 0 Å². The number of hydrazine groups is 1. The number of benzene rings is 1. The standard InChI is InChI=1S/C23H32N8O/c24-26-16-31(25)19-4-1-17(2-5-19)9-11-29-14-20-6-7-21(15-29)30(20)12-10-18-3-8-22-23(13-18)28-32-27-22/h1,3-5,8,13,16-17,20-21H,2,6-7,9-12,14-15,24-25H2/b26-16-. The maximum Gasteiger partial charge on any atom is 0.135 e. The van der Waals surface area contributed by atoms with E-state index in [0.29, 0.717) is 18.0 Å². The second-order valence-electron chi connectivity index (χ2n) is 9.16. The van der Waals surface area contributed by atoms with Crippen LogP contribution in [0.1, 0.15) is 31.2 Å². The average molecular weight is 437 g/mol. The van der Waals surface area contributed by atoms with Gasteiger partial charge >= 0.3 is 0 Å². The molecule has 170 valence electrons. The van der Waals surface area contributed by atoms with Crippen molar-refractivity contribution in [3.8, 4) is 0 Å². The van der Waals surface area contributed by atoms with E-state index in [0.717, 1.165) is 42.7 Å². The first-order valence-electron chi connectivity index (χ1n) is 11.5. The molecule has 2 fully saturated rings. The molecular weight excluding hydrogens is 404 g/mol. The zero-order chi connectivity index (χ0) is 21.9. The lowest BCUT2D eigenvalue weighted by Crippen LogP contribution is -2.54. The van der Waals surface area contributed by atoms with Crippen molar-refractivity contribution in [3.05, 3.63) is 47.7 Å². The Bertz CT molecular complexity index is 1000. The fourth-order valence-electron chi connectivity index (χ4n) is 5.41. The van der Waals surface area contributed by atoms with Gasteiger partial charge < -0.3 is 10.7 Å². The van der Waals surface area contributed by atoms with Gasteiger partial charge in [0.2, 0.25) is 0 Å². The van der Waals surface area contributed by atoms with Crippen molar-refractivity contribution in [2.75, 3.05) is 26.2 Å². The molecule has 2 aromatic rings. The van der Waals surface area contributed by atoms with Crippen LogP contribution < -0.4 is 11.7 Å². The van der Waals surface area contributed by atoms with Crippen LogP contribution in [0.15, 0.2) is 51.9 Å². The molecule has 0 amide bonds. The summed E-state index contributed by atoms with van der Waals surface area (Å²) in [5, 5.41) is 12.8. The van der Waals surface area contributed by atoms with Crippen LogP contribution in [0.2, 0.25) is 0 Å². The third-order valence-corrected chi connectivity index (χ3v) is 7.16. The van der Waals surface area contributed by atoms with Gasteiger partial charge in [0.25, 0.3) is 0 Å². The molecule has 9 heteroatoms. The summed E-state index contributed by atoms with van der Waals surface area (Å²) < 4.78 is 4.82. The van der Waals surface area contributed by atoms with Gasteiger partial charge in [0.05, 0.1) is 5.70 Å². The van der Waals surface area contributed by atoms with Crippen LogP contribution in [0.3, 0.4) is 0 Å². The molecule has 3 atom stereocenters. The Morgan fingerprint density at radius 3 is 2.72 bits per heavy atom.